The van der Waals surface area contributed by atoms with E-state index < -0.39 is 129 Å². The fourth-order valence-electron chi connectivity index (χ4n) is 15.8. The van der Waals surface area contributed by atoms with Gasteiger partial charge in [0.25, 0.3) is 0 Å². The Bertz CT molecular complexity index is 1800. The van der Waals surface area contributed by atoms with Gasteiger partial charge in [0.05, 0.1) is 50.3 Å². The Labute approximate surface area is 387 Å². The summed E-state index contributed by atoms with van der Waals surface area (Å²) in [7, 11) is 0. The van der Waals surface area contributed by atoms with E-state index >= 15 is 0 Å². The highest BCUT2D eigenvalue weighted by Crippen LogP contribution is 2.79. The lowest BCUT2D eigenvalue weighted by Crippen LogP contribution is -2.72. The van der Waals surface area contributed by atoms with Gasteiger partial charge in [-0.15, -0.1) is 0 Å². The van der Waals surface area contributed by atoms with Gasteiger partial charge in [-0.3, -0.25) is 0 Å². The Balaban J connectivity index is 1.03. The molecule has 9 rings (SSSR count). The zero-order valence-corrected chi connectivity index (χ0v) is 39.5. The van der Waals surface area contributed by atoms with Crippen LogP contribution in [0.15, 0.2) is 12.2 Å². The van der Waals surface area contributed by atoms with Crippen LogP contribution in [0.5, 0.6) is 0 Å². The van der Waals surface area contributed by atoms with Crippen molar-refractivity contribution in [3.05, 3.63) is 12.2 Å². The van der Waals surface area contributed by atoms with E-state index in [-0.39, 0.29) is 51.4 Å². The van der Waals surface area contributed by atoms with E-state index in [0.717, 1.165) is 32.1 Å². The quantitative estimate of drug-likeness (QED) is 0.104. The van der Waals surface area contributed by atoms with E-state index in [1.807, 2.05) is 6.92 Å². The minimum Gasteiger partial charge on any atom is -0.396 e. The molecule has 4 aliphatic heterocycles. The van der Waals surface area contributed by atoms with Crippen molar-refractivity contribution in [3.63, 3.8) is 0 Å². The smallest absolute Gasteiger partial charge is 0.187 e. The maximum atomic E-state index is 12.3. The summed E-state index contributed by atoms with van der Waals surface area (Å²) < 4.78 is 44.4. The highest BCUT2D eigenvalue weighted by Gasteiger charge is 2.79. The van der Waals surface area contributed by atoms with Gasteiger partial charge in [0.2, 0.25) is 0 Å². The van der Waals surface area contributed by atoms with Crippen LogP contribution in [0.2, 0.25) is 0 Å². The highest BCUT2D eigenvalue weighted by atomic mass is 16.8. The molecule has 0 radical (unpaired) electrons. The van der Waals surface area contributed by atoms with E-state index in [1.54, 1.807) is 6.92 Å². The summed E-state index contributed by atoms with van der Waals surface area (Å²) in [5.74, 6) is 0.167. The normalized spacial score (nSPS) is 58.8. The molecule has 0 aromatic carbocycles. The molecule has 26 atom stereocenters. The van der Waals surface area contributed by atoms with Crippen molar-refractivity contribution < 1.29 is 89.3 Å². The molecule has 9 aliphatic rings. The molecule has 2 bridgehead atoms. The second-order valence-electron chi connectivity index (χ2n) is 23.8. The van der Waals surface area contributed by atoms with Crippen LogP contribution in [0.1, 0.15) is 99.8 Å². The van der Waals surface area contributed by atoms with Crippen LogP contribution in [0, 0.1) is 50.2 Å². The summed E-state index contributed by atoms with van der Waals surface area (Å²) in [6.45, 7) is 14.1. The summed E-state index contributed by atoms with van der Waals surface area (Å²) in [6.07, 6.45) is -14.3. The topological polar surface area (TPSA) is 287 Å². The predicted octanol–water partition coefficient (Wildman–Crippen LogP) is -0.399. The summed E-state index contributed by atoms with van der Waals surface area (Å²) in [6, 6.07) is 0. The van der Waals surface area contributed by atoms with Gasteiger partial charge in [-0.2, -0.15) is 0 Å². The van der Waals surface area contributed by atoms with Gasteiger partial charge in [-0.1, -0.05) is 53.7 Å². The van der Waals surface area contributed by atoms with Crippen molar-refractivity contribution in [1.82, 2.24) is 0 Å². The Morgan fingerprint density at radius 3 is 1.80 bits per heavy atom. The average Bonchev–Trinajstić information content (AvgIpc) is 3.55. The first-order valence-corrected chi connectivity index (χ1v) is 24.5. The first-order valence-electron chi connectivity index (χ1n) is 24.5. The number of hydrogen-bond donors (Lipinski definition) is 11. The standard InChI is InChI=1S/C48H78O18/c1-22-30(53)37(65-39-35(58)33(56)31(54)23(18-49)62-39)38(66-40-36(59)34(57)32(55)24(19-50)63-40)41(61-22)64-29-10-11-43(4)25(44(29,5)20-51)8-12-45(6)26(43)9-13-48-27-16-42(2,3)14-15-47(27,21-60-48)28(52)17-46(45,48)7/h9,13,22-41,49-59H,8,10-12,14-21H2,1-7H3/t22-,23-,24-,25-,26-,27-,28+,29+,30+,31-,32-,33+,34+,35-,36-,37+,38-,39+,40+,41+,43+,44+,45-,46+,47-,48+/m1/s1. The van der Waals surface area contributed by atoms with Gasteiger partial charge in [0.1, 0.15) is 67.1 Å². The number of ether oxygens (including phenoxy) is 7. The lowest BCUT2D eigenvalue weighted by Gasteiger charge is -2.73. The minimum atomic E-state index is -1.88. The molecule has 0 unspecified atom stereocenters. The van der Waals surface area contributed by atoms with E-state index in [4.69, 9.17) is 33.2 Å². The Hall–Kier alpha value is -0.980. The van der Waals surface area contributed by atoms with E-state index in [9.17, 15) is 56.2 Å². The molecule has 0 aromatic heterocycles. The molecule has 0 amide bonds. The summed E-state index contributed by atoms with van der Waals surface area (Å²) in [5, 5.41) is 120. The fourth-order valence-corrected chi connectivity index (χ4v) is 15.8. The van der Waals surface area contributed by atoms with Crippen LogP contribution >= 0.6 is 0 Å². The molecule has 4 saturated carbocycles. The van der Waals surface area contributed by atoms with Crippen molar-refractivity contribution in [3.8, 4) is 0 Å². The monoisotopic (exact) mass is 943 g/mol. The van der Waals surface area contributed by atoms with Crippen LogP contribution in [0.25, 0.3) is 0 Å². The number of aliphatic hydroxyl groups is 11. The third-order valence-corrected chi connectivity index (χ3v) is 20.0. The summed E-state index contributed by atoms with van der Waals surface area (Å²) in [5.41, 5.74) is -2.52. The minimum absolute atomic E-state index is 0.0615. The SMILES string of the molecule is C[C@H]1O[C@@H](O[C@H]2CC[C@@]3(C)[C@@H](CC[C@]4(C)[C@@H]3C=C[C@]35OC[C@@]6(CCC(C)(C)C[C@H]63)[C@@H](O)C[C@]54C)[C@]2(C)CO)[C@H](O[C@@H]2O[C@H](CO)[C@@H](O)[C@H](O)[C@H]2O)[C@@H](O[C@@H]2O[C@H](CO)[C@@H](O)[C@H](O)[C@H]2O)[C@H]1O. The maximum Gasteiger partial charge on any atom is 0.187 e. The number of fused-ring (bicyclic) bond motifs is 4. The van der Waals surface area contributed by atoms with Crippen molar-refractivity contribution in [2.45, 2.75) is 210 Å². The van der Waals surface area contributed by atoms with Crippen molar-refractivity contribution in [2.24, 2.45) is 50.2 Å². The van der Waals surface area contributed by atoms with Crippen molar-refractivity contribution >= 4 is 0 Å². The second kappa shape index (κ2) is 17.1. The fraction of sp³-hybridized carbons (Fsp3) is 0.958. The number of hydrogen-bond acceptors (Lipinski definition) is 18. The zero-order chi connectivity index (χ0) is 47.9. The van der Waals surface area contributed by atoms with Gasteiger partial charge in [-0.05, 0) is 86.4 Å². The van der Waals surface area contributed by atoms with Gasteiger partial charge in [0, 0.05) is 22.2 Å². The number of rotatable bonds is 9. The van der Waals surface area contributed by atoms with Crippen LogP contribution in [0.3, 0.4) is 0 Å². The number of allylic oxidation sites excluding steroid dienone is 1. The molecule has 66 heavy (non-hydrogen) atoms. The molecule has 18 nitrogen and oxygen atoms in total. The van der Waals surface area contributed by atoms with E-state index in [1.165, 1.54) is 0 Å². The molecule has 5 aliphatic carbocycles. The van der Waals surface area contributed by atoms with Crippen molar-refractivity contribution in [1.29, 1.82) is 0 Å². The first-order chi connectivity index (χ1) is 30.9. The number of aliphatic hydroxyl groups excluding tert-OH is 11. The Morgan fingerprint density at radius 2 is 1.21 bits per heavy atom. The molecule has 8 fully saturated rings. The molecule has 4 saturated heterocycles. The zero-order valence-electron chi connectivity index (χ0n) is 39.5. The van der Waals surface area contributed by atoms with Crippen LogP contribution < -0.4 is 0 Å². The molecule has 18 heteroatoms. The summed E-state index contributed by atoms with van der Waals surface area (Å²) >= 11 is 0. The average molecular weight is 943 g/mol. The van der Waals surface area contributed by atoms with Crippen LogP contribution in [-0.2, 0) is 33.2 Å². The predicted molar refractivity (Wildman–Crippen MR) is 229 cm³/mol. The van der Waals surface area contributed by atoms with Crippen LogP contribution in [0.4, 0.5) is 0 Å². The maximum absolute atomic E-state index is 12.3. The van der Waals surface area contributed by atoms with E-state index in [0.29, 0.717) is 25.9 Å². The Kier molecular flexibility index (Phi) is 12.9. The molecular formula is C48H78O18. The molecule has 378 valence electrons. The Morgan fingerprint density at radius 1 is 0.606 bits per heavy atom. The van der Waals surface area contributed by atoms with Gasteiger partial charge in [-0.25, -0.2) is 0 Å². The molecule has 1 spiro atoms. The molecule has 11 N–H and O–H groups in total. The lowest BCUT2D eigenvalue weighted by atomic mass is 9.32. The van der Waals surface area contributed by atoms with Crippen molar-refractivity contribution in [2.75, 3.05) is 26.4 Å². The van der Waals surface area contributed by atoms with Crippen LogP contribution in [-0.4, -0.2) is 193 Å². The molecule has 0 aromatic rings. The molecular weight excluding hydrogens is 865 g/mol. The largest absolute Gasteiger partial charge is 0.396 e. The lowest BCUT2D eigenvalue weighted by molar-refractivity contribution is -0.398. The second-order valence-corrected chi connectivity index (χ2v) is 23.8. The highest BCUT2D eigenvalue weighted by molar-refractivity contribution is 5.36. The molecule has 4 heterocycles. The first kappa shape index (κ1) is 50.0. The van der Waals surface area contributed by atoms with Gasteiger partial charge in [0.15, 0.2) is 18.9 Å². The van der Waals surface area contributed by atoms with Gasteiger partial charge < -0.3 is 89.3 Å². The third-order valence-electron chi connectivity index (χ3n) is 20.0. The third kappa shape index (κ3) is 7.01. The summed E-state index contributed by atoms with van der Waals surface area (Å²) in [4.78, 5) is 0. The van der Waals surface area contributed by atoms with Gasteiger partial charge >= 0.3 is 0 Å². The van der Waals surface area contributed by atoms with E-state index in [2.05, 4.69) is 46.8 Å².